The quantitative estimate of drug-likeness (QED) is 0.167. The van der Waals surface area contributed by atoms with Crippen LogP contribution in [-0.2, 0) is 26.0 Å². The number of carboxylic acid groups (broad SMARTS) is 1. The highest BCUT2D eigenvalue weighted by molar-refractivity contribution is 6.74. The van der Waals surface area contributed by atoms with E-state index >= 15 is 0 Å². The van der Waals surface area contributed by atoms with Crippen LogP contribution in [0.5, 0.6) is 0 Å². The third-order valence-electron chi connectivity index (χ3n) is 10.4. The van der Waals surface area contributed by atoms with E-state index in [2.05, 4.69) is 49.1 Å². The topological polar surface area (TPSA) is 108 Å². The molecule has 1 fully saturated rings. The Labute approximate surface area is 300 Å². The first kappa shape index (κ1) is 40.3. The number of hydrogen-bond acceptors (Lipinski definition) is 7. The number of aromatic nitrogens is 1. The van der Waals surface area contributed by atoms with Gasteiger partial charge in [0.15, 0.2) is 8.32 Å². The molecular weight excluding hydrogens is 678 g/mol. The van der Waals surface area contributed by atoms with Crippen LogP contribution in [0.1, 0.15) is 58.1 Å². The van der Waals surface area contributed by atoms with Crippen LogP contribution >= 0.6 is 0 Å². The number of furan rings is 1. The summed E-state index contributed by atoms with van der Waals surface area (Å²) in [5.41, 5.74) is 1.89. The molecule has 2 N–H and O–H groups in total. The molecule has 0 bridgehead atoms. The molecule has 3 atom stereocenters. The number of carbonyl (C=O) groups is 2. The van der Waals surface area contributed by atoms with Crippen molar-refractivity contribution in [2.45, 2.75) is 96.4 Å². The van der Waals surface area contributed by atoms with Crippen molar-refractivity contribution in [1.82, 2.24) is 20.1 Å². The van der Waals surface area contributed by atoms with E-state index in [4.69, 9.17) is 8.84 Å². The maximum Gasteiger partial charge on any atom is 0.405 e. The molecule has 1 amide bonds. The van der Waals surface area contributed by atoms with Crippen molar-refractivity contribution in [2.24, 2.45) is 5.92 Å². The second-order valence-corrected chi connectivity index (χ2v) is 20.4. The molecule has 3 aromatic rings. The number of rotatable bonds is 14. The van der Waals surface area contributed by atoms with Crippen LogP contribution in [0.2, 0.25) is 18.1 Å². The van der Waals surface area contributed by atoms with Gasteiger partial charge in [-0.2, -0.15) is 13.2 Å². The van der Waals surface area contributed by atoms with Gasteiger partial charge in [0.1, 0.15) is 24.1 Å². The number of nitrogens with zero attached hydrogens (tertiary/aromatic N) is 3. The fraction of sp³-hybridized carbons (Fsp3) is 0.553. The first-order chi connectivity index (χ1) is 23.7. The van der Waals surface area contributed by atoms with E-state index in [0.717, 1.165) is 16.8 Å². The maximum absolute atomic E-state index is 13.6. The van der Waals surface area contributed by atoms with Crippen LogP contribution in [0.3, 0.4) is 0 Å². The van der Waals surface area contributed by atoms with Crippen LogP contribution in [-0.4, -0.2) is 91.1 Å². The second-order valence-electron chi connectivity index (χ2n) is 15.7. The summed E-state index contributed by atoms with van der Waals surface area (Å²) in [5, 5.41) is 12.2. The van der Waals surface area contributed by atoms with E-state index in [-0.39, 0.29) is 24.5 Å². The van der Waals surface area contributed by atoms with Gasteiger partial charge in [-0.3, -0.25) is 24.4 Å². The monoisotopic (exact) mass is 730 g/mol. The molecule has 0 unspecified atom stereocenters. The van der Waals surface area contributed by atoms with Crippen molar-refractivity contribution >= 4 is 20.2 Å². The van der Waals surface area contributed by atoms with Gasteiger partial charge in [0.25, 0.3) is 0 Å². The Bertz CT molecular complexity index is 1620. The molecule has 2 aromatic heterocycles. The summed E-state index contributed by atoms with van der Waals surface area (Å²) in [7, 11) is -2.45. The van der Waals surface area contributed by atoms with Gasteiger partial charge >= 0.3 is 12.1 Å². The summed E-state index contributed by atoms with van der Waals surface area (Å²) in [4.78, 5) is 34.4. The van der Waals surface area contributed by atoms with E-state index in [0.29, 0.717) is 31.0 Å². The van der Waals surface area contributed by atoms with Crippen molar-refractivity contribution < 1.29 is 36.7 Å². The molecule has 280 valence electrons. The van der Waals surface area contributed by atoms with Gasteiger partial charge in [-0.15, -0.1) is 0 Å². The Balaban J connectivity index is 1.63. The Hall–Kier alpha value is -3.52. The molecule has 0 aliphatic carbocycles. The molecular formula is C38H53F3N4O5Si. The molecule has 13 heteroatoms. The zero-order valence-electron chi connectivity index (χ0n) is 31.0. The van der Waals surface area contributed by atoms with Gasteiger partial charge < -0.3 is 19.3 Å². The maximum atomic E-state index is 13.6. The summed E-state index contributed by atoms with van der Waals surface area (Å²) in [6, 6.07) is 16.0. The minimum Gasteiger partial charge on any atom is -0.481 e. The Morgan fingerprint density at radius 3 is 2.35 bits per heavy atom. The van der Waals surface area contributed by atoms with E-state index in [1.54, 1.807) is 6.20 Å². The van der Waals surface area contributed by atoms with E-state index in [1.807, 2.05) is 80.3 Å². The van der Waals surface area contributed by atoms with E-state index in [1.165, 1.54) is 0 Å². The standard InChI is InChI=1S/C38H53F3N4O5Si/c1-26-20-28(16-17-42-26)32-14-15-33(49-32)37(5,6)45-19-18-44(31(24-45)34(46)43-25-38(39,40)41)23-30(50-51(7,8)36(2,3)4)22-29(35(47)48)21-27-12-10-9-11-13-27/h9-17,20,29-31H,18-19,21-25H2,1-8H3,(H,43,46)(H,47,48)/t29-,30+,31+/m1/s1. The minimum absolute atomic E-state index is 0.125. The van der Waals surface area contributed by atoms with Gasteiger partial charge in [0, 0.05) is 43.6 Å². The highest BCUT2D eigenvalue weighted by Crippen LogP contribution is 2.39. The molecule has 0 saturated carbocycles. The second kappa shape index (κ2) is 16.0. The summed E-state index contributed by atoms with van der Waals surface area (Å²) < 4.78 is 53.1. The highest BCUT2D eigenvalue weighted by atomic mass is 28.4. The molecule has 0 radical (unpaired) electrons. The molecule has 51 heavy (non-hydrogen) atoms. The van der Waals surface area contributed by atoms with Crippen LogP contribution < -0.4 is 5.32 Å². The number of carboxylic acids is 1. The van der Waals surface area contributed by atoms with Crippen LogP contribution in [0, 0.1) is 12.8 Å². The molecule has 1 aliphatic rings. The number of piperazine rings is 1. The number of alkyl halides is 3. The van der Waals surface area contributed by atoms with Crippen molar-refractivity contribution in [1.29, 1.82) is 0 Å². The lowest BCUT2D eigenvalue weighted by molar-refractivity contribution is -0.145. The Morgan fingerprint density at radius 1 is 1.06 bits per heavy atom. The van der Waals surface area contributed by atoms with Gasteiger partial charge in [0.2, 0.25) is 5.91 Å². The van der Waals surface area contributed by atoms with Gasteiger partial charge in [-0.05, 0) is 81.6 Å². The number of pyridine rings is 1. The molecule has 3 heterocycles. The van der Waals surface area contributed by atoms with Gasteiger partial charge in [0.05, 0.1) is 17.6 Å². The Morgan fingerprint density at radius 2 is 1.75 bits per heavy atom. The summed E-state index contributed by atoms with van der Waals surface area (Å²) in [5.74, 6) is -1.15. The number of amides is 1. The molecule has 1 saturated heterocycles. The molecule has 4 rings (SSSR count). The summed E-state index contributed by atoms with van der Waals surface area (Å²) in [6.45, 7) is 16.0. The van der Waals surface area contributed by atoms with Gasteiger partial charge in [-0.1, -0.05) is 51.1 Å². The average Bonchev–Trinajstić information content (AvgIpc) is 3.54. The predicted molar refractivity (Wildman–Crippen MR) is 194 cm³/mol. The predicted octanol–water partition coefficient (Wildman–Crippen LogP) is 7.27. The van der Waals surface area contributed by atoms with Crippen LogP contribution in [0.25, 0.3) is 11.3 Å². The molecule has 1 aliphatic heterocycles. The number of hydrogen-bond donors (Lipinski definition) is 2. The lowest BCUT2D eigenvalue weighted by Gasteiger charge is -2.48. The average molecular weight is 731 g/mol. The fourth-order valence-corrected chi connectivity index (χ4v) is 7.64. The SMILES string of the molecule is Cc1cc(-c2ccc(C(C)(C)N3CCN(C[C@H](C[C@@H](Cc4ccccc4)C(=O)O)O[Si](C)(C)C(C)(C)C)[C@H](C(=O)NCC(F)(F)F)C3)o2)ccn1. The largest absolute Gasteiger partial charge is 0.481 e. The van der Waals surface area contributed by atoms with Crippen LogP contribution in [0.4, 0.5) is 13.2 Å². The summed E-state index contributed by atoms with van der Waals surface area (Å²) >= 11 is 0. The van der Waals surface area contributed by atoms with Crippen molar-refractivity contribution in [3.8, 4) is 11.3 Å². The zero-order valence-corrected chi connectivity index (χ0v) is 32.0. The normalized spacial score (nSPS) is 18.0. The zero-order chi connectivity index (χ0) is 37.8. The highest BCUT2D eigenvalue weighted by Gasteiger charge is 2.44. The van der Waals surface area contributed by atoms with Crippen LogP contribution in [0.15, 0.2) is 65.2 Å². The third-order valence-corrected chi connectivity index (χ3v) is 14.9. The lowest BCUT2D eigenvalue weighted by atomic mass is 9.93. The van der Waals surface area contributed by atoms with Crippen molar-refractivity contribution in [3.05, 3.63) is 77.8 Å². The first-order valence-corrected chi connectivity index (χ1v) is 20.4. The Kier molecular flexibility index (Phi) is 12.6. The number of aryl methyl sites for hydroxylation is 1. The lowest BCUT2D eigenvalue weighted by Crippen LogP contribution is -2.64. The van der Waals surface area contributed by atoms with Crippen molar-refractivity contribution in [3.63, 3.8) is 0 Å². The molecule has 1 aromatic carbocycles. The van der Waals surface area contributed by atoms with E-state index in [9.17, 15) is 27.9 Å². The minimum atomic E-state index is -4.58. The smallest absolute Gasteiger partial charge is 0.405 e. The van der Waals surface area contributed by atoms with Gasteiger partial charge in [-0.25, -0.2) is 0 Å². The molecule has 0 spiro atoms. The van der Waals surface area contributed by atoms with Crippen molar-refractivity contribution in [2.75, 3.05) is 32.7 Å². The first-order valence-electron chi connectivity index (χ1n) is 17.5. The molecule has 9 nitrogen and oxygen atoms in total. The summed E-state index contributed by atoms with van der Waals surface area (Å²) in [6.07, 6.45) is -2.96. The van der Waals surface area contributed by atoms with E-state index < -0.39 is 56.5 Å². The number of aliphatic carboxylic acids is 1. The number of benzene rings is 1. The third kappa shape index (κ3) is 10.8. The number of nitrogens with one attached hydrogen (secondary N) is 1. The number of carbonyl (C=O) groups excluding carboxylic acids is 1. The fourth-order valence-electron chi connectivity index (χ4n) is 6.28. The number of halogens is 3.